The van der Waals surface area contributed by atoms with Crippen molar-refractivity contribution in [2.45, 2.75) is 0 Å². The molecule has 8 heavy (non-hydrogen) atoms. The third-order valence-corrected chi connectivity index (χ3v) is 0. The van der Waals surface area contributed by atoms with Crippen LogP contribution < -0.4 is 0 Å². The SMILES string of the molecule is O.O.O.O.O.O.[Ca+2].[H+].[H+].[S-2]. The van der Waals surface area contributed by atoms with Crippen molar-refractivity contribution in [2.24, 2.45) is 0 Å². The zero-order chi connectivity index (χ0) is 0. The van der Waals surface area contributed by atoms with Crippen molar-refractivity contribution >= 4 is 51.2 Å². The first-order chi connectivity index (χ1) is 0. The second-order valence-corrected chi connectivity index (χ2v) is 0. The molecular formula is H14CaO6S+2. The molecule has 0 amide bonds. The normalized spacial score (nSPS) is 0. The smallest absolute Gasteiger partial charge is 2.00 e. The van der Waals surface area contributed by atoms with Gasteiger partial charge in [-0.05, 0) is 0 Å². The zero-order valence-electron chi connectivity index (χ0n) is 6.12. The summed E-state index contributed by atoms with van der Waals surface area (Å²) in [6.45, 7) is 0. The fourth-order valence-corrected chi connectivity index (χ4v) is 0. The molecule has 0 aliphatic heterocycles. The predicted octanol–water partition coefficient (Wildman–Crippen LogP) is -5.11. The molecule has 0 spiro atoms. The van der Waals surface area contributed by atoms with Crippen LogP contribution in [-0.4, -0.2) is 70.6 Å². The monoisotopic (exact) mass is 182 g/mol. The quantitative estimate of drug-likeness (QED) is 0.324. The fraction of sp³-hybridized carbons (Fsp3) is 0. The number of hydrogen-bond acceptors (Lipinski definition) is 0. The van der Waals surface area contributed by atoms with Crippen LogP contribution >= 0.6 is 0 Å². The largest absolute Gasteiger partial charge is 2.00 e. The summed E-state index contributed by atoms with van der Waals surface area (Å²) in [5, 5.41) is 0. The van der Waals surface area contributed by atoms with E-state index >= 15 is 0 Å². The molecule has 0 aromatic carbocycles. The van der Waals surface area contributed by atoms with E-state index in [4.69, 9.17) is 0 Å². The van der Waals surface area contributed by atoms with Gasteiger partial charge in [0.1, 0.15) is 0 Å². The Bertz CT molecular complexity index is 15.7. The maximum atomic E-state index is 0. The standard InChI is InChI=1S/Ca.6H2O.S/h;6*1H2;/q+2;;;;;;;-2/p+2. The van der Waals surface area contributed by atoms with E-state index in [1.807, 2.05) is 0 Å². The molecule has 6 nitrogen and oxygen atoms in total. The molecule has 0 aromatic rings. The van der Waals surface area contributed by atoms with Crippen molar-refractivity contribution in [2.75, 3.05) is 0 Å². The van der Waals surface area contributed by atoms with Crippen LogP contribution in [0.3, 0.4) is 0 Å². The molecule has 0 aliphatic rings. The summed E-state index contributed by atoms with van der Waals surface area (Å²) in [7, 11) is 0. The maximum Gasteiger partial charge on any atom is 2.00 e. The molecule has 0 aromatic heterocycles. The van der Waals surface area contributed by atoms with Crippen molar-refractivity contribution in [1.82, 2.24) is 0 Å². The van der Waals surface area contributed by atoms with E-state index in [0.29, 0.717) is 0 Å². The minimum atomic E-state index is 0. The summed E-state index contributed by atoms with van der Waals surface area (Å²) >= 11 is 0. The van der Waals surface area contributed by atoms with Crippen LogP contribution in [0, 0.1) is 0 Å². The third kappa shape index (κ3) is 159. The van der Waals surface area contributed by atoms with E-state index < -0.39 is 0 Å². The van der Waals surface area contributed by atoms with Crippen molar-refractivity contribution in [3.8, 4) is 0 Å². The minimum Gasteiger partial charge on any atom is -2.00 e. The summed E-state index contributed by atoms with van der Waals surface area (Å²) in [4.78, 5) is 0. The molecule has 0 saturated carbocycles. The van der Waals surface area contributed by atoms with Crippen molar-refractivity contribution in [3.63, 3.8) is 0 Å². The first-order valence-corrected chi connectivity index (χ1v) is 0. The van der Waals surface area contributed by atoms with E-state index in [0.717, 1.165) is 0 Å². The van der Waals surface area contributed by atoms with Crippen molar-refractivity contribution < 1.29 is 35.7 Å². The number of rotatable bonds is 0. The summed E-state index contributed by atoms with van der Waals surface area (Å²) < 4.78 is 0. The van der Waals surface area contributed by atoms with Gasteiger partial charge in [0, 0.05) is 0 Å². The van der Waals surface area contributed by atoms with Crippen LogP contribution in [0.2, 0.25) is 0 Å². The first-order valence-electron chi connectivity index (χ1n) is 0. The van der Waals surface area contributed by atoms with E-state index in [2.05, 4.69) is 0 Å². The minimum absolute atomic E-state index is 0. The Kier molecular flexibility index (Phi) is 10600. The molecule has 0 radical (unpaired) electrons. The predicted molar refractivity (Wildman–Crippen MR) is 37.0 cm³/mol. The maximum absolute atomic E-state index is 0. The molecule has 0 fully saturated rings. The van der Waals surface area contributed by atoms with Gasteiger partial charge in [-0.15, -0.1) is 0 Å². The van der Waals surface area contributed by atoms with Gasteiger partial charge in [-0.1, -0.05) is 0 Å². The Morgan fingerprint density at radius 1 is 0.500 bits per heavy atom. The van der Waals surface area contributed by atoms with E-state index in [1.165, 1.54) is 0 Å². The van der Waals surface area contributed by atoms with E-state index in [-0.39, 0.29) is 86.9 Å². The molecule has 12 N–H and O–H groups in total. The Morgan fingerprint density at radius 3 is 0.500 bits per heavy atom. The van der Waals surface area contributed by atoms with Crippen LogP contribution in [0.15, 0.2) is 0 Å². The van der Waals surface area contributed by atoms with Crippen LogP contribution in [0.4, 0.5) is 0 Å². The third-order valence-electron chi connectivity index (χ3n) is 0. The van der Waals surface area contributed by atoms with Gasteiger partial charge in [0.2, 0.25) is 0 Å². The second-order valence-electron chi connectivity index (χ2n) is 0. The molecule has 0 bridgehead atoms. The summed E-state index contributed by atoms with van der Waals surface area (Å²) in [6.07, 6.45) is 0. The van der Waals surface area contributed by atoms with Gasteiger partial charge in [-0.3, -0.25) is 0 Å². The molecule has 56 valence electrons. The van der Waals surface area contributed by atoms with E-state index in [1.54, 1.807) is 0 Å². The number of hydrogen-bond donors (Lipinski definition) is 0. The Balaban J connectivity index is 0. The van der Waals surface area contributed by atoms with Gasteiger partial charge >= 0.3 is 40.6 Å². The van der Waals surface area contributed by atoms with Crippen LogP contribution in [0.5, 0.6) is 0 Å². The van der Waals surface area contributed by atoms with Gasteiger partial charge in [-0.2, -0.15) is 0 Å². The van der Waals surface area contributed by atoms with Crippen LogP contribution in [0.1, 0.15) is 2.85 Å². The van der Waals surface area contributed by atoms with Crippen molar-refractivity contribution in [1.29, 1.82) is 0 Å². The van der Waals surface area contributed by atoms with Gasteiger partial charge in [0.05, 0.1) is 0 Å². The molecule has 8 heteroatoms. The first kappa shape index (κ1) is 350. The molecule has 0 atom stereocenters. The fourth-order valence-electron chi connectivity index (χ4n) is 0. The molecule has 0 saturated heterocycles. The van der Waals surface area contributed by atoms with Crippen LogP contribution in [0.25, 0.3) is 0 Å². The Hall–Kier alpha value is 1.37. The molecular weight excluding hydrogens is 168 g/mol. The topological polar surface area (TPSA) is 189 Å². The van der Waals surface area contributed by atoms with Gasteiger partial charge < -0.3 is 46.4 Å². The second kappa shape index (κ2) is 242. The summed E-state index contributed by atoms with van der Waals surface area (Å²) in [5.41, 5.74) is 0. The molecule has 0 rings (SSSR count). The van der Waals surface area contributed by atoms with Gasteiger partial charge in [-0.25, -0.2) is 0 Å². The van der Waals surface area contributed by atoms with Crippen molar-refractivity contribution in [3.05, 3.63) is 0 Å². The Labute approximate surface area is 86.5 Å². The van der Waals surface area contributed by atoms with E-state index in [9.17, 15) is 0 Å². The average Bonchev–Trinajstić information content (AvgIpc) is 0. The van der Waals surface area contributed by atoms with Gasteiger partial charge in [0.15, 0.2) is 0 Å². The summed E-state index contributed by atoms with van der Waals surface area (Å²) in [6, 6.07) is 0. The molecule has 0 unspecified atom stereocenters. The zero-order valence-corrected chi connectivity index (χ0v) is 7.14. The Morgan fingerprint density at radius 2 is 0.500 bits per heavy atom. The molecule has 0 heterocycles. The van der Waals surface area contributed by atoms with Crippen LogP contribution in [-0.2, 0) is 13.5 Å². The van der Waals surface area contributed by atoms with Gasteiger partial charge in [0.25, 0.3) is 0 Å². The summed E-state index contributed by atoms with van der Waals surface area (Å²) in [5.74, 6) is 0. The molecule has 0 aliphatic carbocycles. The average molecular weight is 182 g/mol.